The number of nitrogens with one attached hydrogen (secondary N) is 1. The van der Waals surface area contributed by atoms with Crippen molar-refractivity contribution in [3.05, 3.63) is 68.2 Å². The molecule has 0 heterocycles. The third-order valence-corrected chi connectivity index (χ3v) is 4.49. The second-order valence-electron chi connectivity index (χ2n) is 5.87. The van der Waals surface area contributed by atoms with Gasteiger partial charge in [-0.3, -0.25) is 19.7 Å². The highest BCUT2D eigenvalue weighted by Crippen LogP contribution is 2.29. The Hall–Kier alpha value is -2.95. The number of Topliss-reactive ketones (excluding diaryl/α,β-unsaturated/α-hetero) is 1. The summed E-state index contributed by atoms with van der Waals surface area (Å²) < 4.78 is 0. The fraction of sp³-hybridized carbons (Fsp3) is 0.211. The first-order valence-electron chi connectivity index (χ1n) is 8.24. The standard InChI is InChI=1S/C19H15Cl2N3O4/c20-12-8-9-13(15(21)10-12)14(11-22)18(25)6-3-7-19(26)23-16-4-1-2-5-17(16)24(27)28/h1-2,4-5,8-10,14H,3,6-7H2,(H,23,26). The van der Waals surface area contributed by atoms with Crippen LogP contribution in [-0.2, 0) is 9.59 Å². The number of halogens is 2. The van der Waals surface area contributed by atoms with E-state index in [0.717, 1.165) is 0 Å². The first-order valence-corrected chi connectivity index (χ1v) is 8.99. The smallest absolute Gasteiger partial charge is 0.292 e. The Morgan fingerprint density at radius 2 is 1.89 bits per heavy atom. The van der Waals surface area contributed by atoms with Gasteiger partial charge in [-0.25, -0.2) is 0 Å². The highest BCUT2D eigenvalue weighted by Gasteiger charge is 2.23. The summed E-state index contributed by atoms with van der Waals surface area (Å²) in [5.41, 5.74) is 0.239. The van der Waals surface area contributed by atoms with E-state index in [9.17, 15) is 25.0 Å². The van der Waals surface area contributed by atoms with Crippen molar-refractivity contribution in [2.45, 2.75) is 25.2 Å². The van der Waals surface area contributed by atoms with Gasteiger partial charge in [0.05, 0.1) is 11.0 Å². The molecule has 0 saturated carbocycles. The molecule has 0 bridgehead atoms. The van der Waals surface area contributed by atoms with Crippen LogP contribution in [0.25, 0.3) is 0 Å². The average molecular weight is 420 g/mol. The number of benzene rings is 2. The van der Waals surface area contributed by atoms with Gasteiger partial charge in [-0.05, 0) is 30.2 Å². The molecule has 0 saturated heterocycles. The van der Waals surface area contributed by atoms with Crippen molar-refractivity contribution in [1.82, 2.24) is 0 Å². The molecule has 0 spiro atoms. The van der Waals surface area contributed by atoms with Crippen LogP contribution in [0.1, 0.15) is 30.7 Å². The molecule has 0 aliphatic rings. The predicted octanol–water partition coefficient (Wildman–Crippen LogP) is 4.89. The first kappa shape index (κ1) is 21.4. The number of nitro benzene ring substituents is 1. The van der Waals surface area contributed by atoms with E-state index < -0.39 is 16.7 Å². The number of ketones is 1. The number of nitrogens with zero attached hydrogens (tertiary/aromatic N) is 2. The van der Waals surface area contributed by atoms with Crippen LogP contribution < -0.4 is 5.32 Å². The number of carbonyl (C=O) groups is 2. The quantitative estimate of drug-likeness (QED) is 0.483. The first-order chi connectivity index (χ1) is 13.3. The molecular formula is C19H15Cl2N3O4. The number of rotatable bonds is 8. The van der Waals surface area contributed by atoms with Crippen molar-refractivity contribution in [2.24, 2.45) is 0 Å². The molecule has 28 heavy (non-hydrogen) atoms. The maximum atomic E-state index is 12.4. The van der Waals surface area contributed by atoms with Crippen molar-refractivity contribution in [1.29, 1.82) is 5.26 Å². The van der Waals surface area contributed by atoms with Crippen LogP contribution in [-0.4, -0.2) is 16.6 Å². The van der Waals surface area contributed by atoms with Gasteiger partial charge in [-0.1, -0.05) is 41.4 Å². The lowest BCUT2D eigenvalue weighted by atomic mass is 9.93. The molecule has 7 nitrogen and oxygen atoms in total. The Balaban J connectivity index is 1.93. The number of hydrogen-bond donors (Lipinski definition) is 1. The number of nitriles is 1. The van der Waals surface area contributed by atoms with Gasteiger partial charge in [0.15, 0.2) is 5.78 Å². The fourth-order valence-corrected chi connectivity index (χ4v) is 3.09. The summed E-state index contributed by atoms with van der Waals surface area (Å²) in [5, 5.41) is 23.4. The number of nitro groups is 1. The van der Waals surface area contributed by atoms with E-state index in [-0.39, 0.29) is 41.4 Å². The van der Waals surface area contributed by atoms with Crippen molar-refractivity contribution in [3.8, 4) is 6.07 Å². The Bertz CT molecular complexity index is 956. The zero-order valence-electron chi connectivity index (χ0n) is 14.5. The molecule has 1 amide bonds. The Morgan fingerprint density at radius 3 is 2.54 bits per heavy atom. The minimum atomic E-state index is -1.05. The molecule has 0 aromatic heterocycles. The molecular weight excluding hydrogens is 405 g/mol. The summed E-state index contributed by atoms with van der Waals surface area (Å²) >= 11 is 11.9. The maximum Gasteiger partial charge on any atom is 0.292 e. The van der Waals surface area contributed by atoms with Crippen LogP contribution in [0.4, 0.5) is 11.4 Å². The third-order valence-electron chi connectivity index (χ3n) is 3.93. The molecule has 2 rings (SSSR count). The Kier molecular flexibility index (Phi) is 7.50. The zero-order chi connectivity index (χ0) is 20.7. The van der Waals surface area contributed by atoms with E-state index in [1.54, 1.807) is 12.1 Å². The number of carbonyl (C=O) groups excluding carboxylic acids is 2. The highest BCUT2D eigenvalue weighted by molar-refractivity contribution is 6.35. The average Bonchev–Trinajstić information content (AvgIpc) is 2.64. The van der Waals surface area contributed by atoms with Crippen molar-refractivity contribution >= 4 is 46.3 Å². The number of anilines is 1. The predicted molar refractivity (Wildman–Crippen MR) is 105 cm³/mol. The number of para-hydroxylation sites is 2. The van der Waals surface area contributed by atoms with Gasteiger partial charge in [0.1, 0.15) is 11.6 Å². The van der Waals surface area contributed by atoms with Crippen LogP contribution in [0, 0.1) is 21.4 Å². The van der Waals surface area contributed by atoms with E-state index in [4.69, 9.17) is 23.2 Å². The summed E-state index contributed by atoms with van der Waals surface area (Å²) in [6, 6.07) is 12.2. The minimum absolute atomic E-state index is 0.0124. The van der Waals surface area contributed by atoms with E-state index in [2.05, 4.69) is 5.32 Å². The van der Waals surface area contributed by atoms with Crippen LogP contribution in [0.3, 0.4) is 0 Å². The maximum absolute atomic E-state index is 12.4. The lowest BCUT2D eigenvalue weighted by Gasteiger charge is -2.11. The minimum Gasteiger partial charge on any atom is -0.320 e. The second kappa shape index (κ2) is 9.83. The number of amides is 1. The molecule has 144 valence electrons. The van der Waals surface area contributed by atoms with Gasteiger partial charge >= 0.3 is 0 Å². The summed E-state index contributed by atoms with van der Waals surface area (Å²) in [6.45, 7) is 0. The van der Waals surface area contributed by atoms with Gasteiger partial charge in [0.2, 0.25) is 5.91 Å². The topological polar surface area (TPSA) is 113 Å². The second-order valence-corrected chi connectivity index (χ2v) is 6.71. The molecule has 1 atom stereocenters. The number of hydrogen-bond acceptors (Lipinski definition) is 5. The van der Waals surface area contributed by atoms with E-state index in [1.165, 1.54) is 30.3 Å². The molecule has 2 aromatic rings. The van der Waals surface area contributed by atoms with Crippen LogP contribution in [0.15, 0.2) is 42.5 Å². The van der Waals surface area contributed by atoms with E-state index in [1.807, 2.05) is 6.07 Å². The summed E-state index contributed by atoms with van der Waals surface area (Å²) in [5.74, 6) is -1.88. The molecule has 0 aliphatic carbocycles. The van der Waals surface area contributed by atoms with Crippen LogP contribution >= 0.6 is 23.2 Å². The van der Waals surface area contributed by atoms with Gasteiger partial charge in [-0.2, -0.15) is 5.26 Å². The summed E-state index contributed by atoms with van der Waals surface area (Å²) in [7, 11) is 0. The van der Waals surface area contributed by atoms with Gasteiger partial charge in [0, 0.05) is 29.0 Å². The molecule has 0 radical (unpaired) electrons. The Morgan fingerprint density at radius 1 is 1.18 bits per heavy atom. The zero-order valence-corrected chi connectivity index (χ0v) is 16.0. The summed E-state index contributed by atoms with van der Waals surface area (Å²) in [4.78, 5) is 34.8. The third kappa shape index (κ3) is 5.52. The van der Waals surface area contributed by atoms with Crippen molar-refractivity contribution in [3.63, 3.8) is 0 Å². The lowest BCUT2D eigenvalue weighted by Crippen LogP contribution is -2.15. The summed E-state index contributed by atoms with van der Waals surface area (Å²) in [6.07, 6.45) is 0.153. The van der Waals surface area contributed by atoms with Crippen LogP contribution in [0.5, 0.6) is 0 Å². The van der Waals surface area contributed by atoms with Gasteiger partial charge < -0.3 is 5.32 Å². The molecule has 1 N–H and O–H groups in total. The van der Waals surface area contributed by atoms with Crippen molar-refractivity contribution < 1.29 is 14.5 Å². The lowest BCUT2D eigenvalue weighted by molar-refractivity contribution is -0.383. The fourth-order valence-electron chi connectivity index (χ4n) is 2.57. The molecule has 9 heteroatoms. The molecule has 1 unspecified atom stereocenters. The van der Waals surface area contributed by atoms with E-state index in [0.29, 0.717) is 10.6 Å². The monoisotopic (exact) mass is 419 g/mol. The van der Waals surface area contributed by atoms with Gasteiger partial charge in [-0.15, -0.1) is 0 Å². The van der Waals surface area contributed by atoms with Crippen LogP contribution in [0.2, 0.25) is 10.0 Å². The van der Waals surface area contributed by atoms with Gasteiger partial charge in [0.25, 0.3) is 5.69 Å². The highest BCUT2D eigenvalue weighted by atomic mass is 35.5. The van der Waals surface area contributed by atoms with Crippen molar-refractivity contribution in [2.75, 3.05) is 5.32 Å². The SMILES string of the molecule is N#CC(C(=O)CCCC(=O)Nc1ccccc1[N+](=O)[O-])c1ccc(Cl)cc1Cl. The normalized spacial score (nSPS) is 11.3. The van der Waals surface area contributed by atoms with E-state index >= 15 is 0 Å². The largest absolute Gasteiger partial charge is 0.320 e. The molecule has 2 aromatic carbocycles. The Labute approximate surface area is 171 Å². The molecule has 0 aliphatic heterocycles. The molecule has 0 fully saturated rings.